The van der Waals surface area contributed by atoms with Crippen molar-refractivity contribution >= 4 is 31.2 Å². The van der Waals surface area contributed by atoms with E-state index in [0.29, 0.717) is 0 Å². The van der Waals surface area contributed by atoms with E-state index in [4.69, 9.17) is 52.6 Å². The molecule has 14 nitrogen and oxygen atoms in total. The Kier molecular flexibility index (Phi) is 37.8. The van der Waals surface area contributed by atoms with Gasteiger partial charge in [-0.15, -0.1) is 0 Å². The van der Waals surface area contributed by atoms with Crippen molar-refractivity contribution in [1.29, 1.82) is 0 Å². The van der Waals surface area contributed by atoms with Gasteiger partial charge in [-0.05, 0) is 0 Å². The Bertz CT molecular complexity index is 350. The Morgan fingerprint density at radius 3 is 0.421 bits per heavy atom. The van der Waals surface area contributed by atoms with Crippen molar-refractivity contribution in [2.75, 3.05) is 0 Å². The van der Waals surface area contributed by atoms with Gasteiger partial charge in [0.25, 0.3) is 0 Å². The second-order valence-corrected chi connectivity index (χ2v) is 3.67. The predicted octanol–water partition coefficient (Wildman–Crippen LogP) is -4.98. The van der Waals surface area contributed by atoms with Gasteiger partial charge >= 0.3 is 39.0 Å². The standard InChI is InChI=1S/2N.3H2O4S.2Rh/c;;3*1-5(2,3)4;;/h;;3*(H2,1,2,3,4);;/q;;;;;2*+3/p-6. The molecular weight excluding hydrogens is 522 g/mol. The number of hydrogen-bond acceptors (Lipinski definition) is 12. The van der Waals surface area contributed by atoms with Crippen molar-refractivity contribution in [2.24, 2.45) is 0 Å². The molecule has 0 saturated heterocycles. The summed E-state index contributed by atoms with van der Waals surface area (Å²) >= 11 is 0. The maximum Gasteiger partial charge on any atom is 3.00 e. The molecule has 0 heterocycles. The van der Waals surface area contributed by atoms with E-state index in [0.717, 1.165) is 0 Å². The fourth-order valence-electron chi connectivity index (χ4n) is 0. The van der Waals surface area contributed by atoms with E-state index in [-0.39, 0.29) is 51.3 Å². The first-order valence-electron chi connectivity index (χ1n) is 2.00. The topological polar surface area (TPSA) is 302 Å². The van der Waals surface area contributed by atoms with Gasteiger partial charge in [0.1, 0.15) is 0 Å². The first-order valence-corrected chi connectivity index (χ1v) is 6.00. The van der Waals surface area contributed by atoms with Crippen molar-refractivity contribution in [3.05, 3.63) is 0 Å². The molecule has 0 aliphatic rings. The van der Waals surface area contributed by atoms with E-state index in [1.807, 2.05) is 0 Å². The average molecular weight is 522 g/mol. The van der Waals surface area contributed by atoms with Gasteiger partial charge in [-0.2, -0.15) is 0 Å². The van der Waals surface area contributed by atoms with Gasteiger partial charge in [-0.25, -0.2) is 0 Å². The van der Waals surface area contributed by atoms with Crippen LogP contribution in [0, 0.1) is 0 Å². The Hall–Kier alpha value is 0.777. The zero-order valence-electron chi connectivity index (χ0n) is 7.68. The van der Waals surface area contributed by atoms with E-state index in [2.05, 4.69) is 0 Å². The molecule has 0 aromatic heterocycles. The van der Waals surface area contributed by atoms with E-state index in [1.165, 1.54) is 0 Å². The van der Waals surface area contributed by atoms with Crippen LogP contribution in [0.4, 0.5) is 0 Å². The van der Waals surface area contributed by atoms with Crippen LogP contribution in [0.1, 0.15) is 0 Å². The Morgan fingerprint density at radius 1 is 0.421 bits per heavy atom. The average Bonchev–Trinajstić information content (AvgIpc) is 1.41. The fraction of sp³-hybridized carbons (Fsp3) is 0. The third-order valence-electron chi connectivity index (χ3n) is 0. The molecule has 0 unspecified atom stereocenters. The van der Waals surface area contributed by atoms with Gasteiger partial charge in [-0.1, -0.05) is 0 Å². The Morgan fingerprint density at radius 2 is 0.421 bits per heavy atom. The van der Waals surface area contributed by atoms with E-state index in [9.17, 15) is 0 Å². The van der Waals surface area contributed by atoms with E-state index in [1.54, 1.807) is 0 Å². The van der Waals surface area contributed by atoms with Crippen molar-refractivity contribution in [3.8, 4) is 0 Å². The van der Waals surface area contributed by atoms with E-state index < -0.39 is 31.2 Å². The molecule has 0 spiro atoms. The van der Waals surface area contributed by atoms with Crippen molar-refractivity contribution in [1.82, 2.24) is 12.3 Å². The molecule has 19 heavy (non-hydrogen) atoms. The minimum atomic E-state index is -5.17. The van der Waals surface area contributed by atoms with Crippen LogP contribution in [-0.2, 0) is 70.2 Å². The Balaban J connectivity index is -0.0000000206. The molecule has 0 bridgehead atoms. The van der Waals surface area contributed by atoms with Crippen LogP contribution in [0.3, 0.4) is 0 Å². The van der Waals surface area contributed by atoms with Gasteiger partial charge in [0.15, 0.2) is 0 Å². The second kappa shape index (κ2) is 16.8. The zero-order valence-corrected chi connectivity index (χ0v) is 13.4. The zero-order chi connectivity index (χ0) is 13.5. The maximum absolute atomic E-state index is 8.52. The summed E-state index contributed by atoms with van der Waals surface area (Å²) in [6.45, 7) is 0. The molecular formula is N2O12Rh2S3. The fourth-order valence-corrected chi connectivity index (χ4v) is 0. The first kappa shape index (κ1) is 42.7. The minimum absolute atomic E-state index is 0. The summed E-state index contributed by atoms with van der Waals surface area (Å²) in [5, 5.41) is 0. The summed E-state index contributed by atoms with van der Waals surface area (Å²) in [5.74, 6) is 0. The molecule has 0 rings (SSSR count). The van der Waals surface area contributed by atoms with Crippen LogP contribution >= 0.6 is 0 Å². The molecule has 0 aliphatic heterocycles. The van der Waals surface area contributed by atoms with Crippen LogP contribution in [-0.4, -0.2) is 52.6 Å². The molecule has 0 aromatic carbocycles. The molecule has 0 fully saturated rings. The van der Waals surface area contributed by atoms with Gasteiger partial charge < -0.3 is 27.3 Å². The molecule has 0 atom stereocenters. The summed E-state index contributed by atoms with van der Waals surface area (Å²) in [7, 11) is -15.5. The maximum atomic E-state index is 8.52. The molecule has 0 saturated carbocycles. The normalized spacial score (nSPS) is 9.16. The van der Waals surface area contributed by atoms with Crippen LogP contribution in [0.5, 0.6) is 0 Å². The summed E-state index contributed by atoms with van der Waals surface area (Å²) in [5.41, 5.74) is 0. The molecule has 6 radical (unpaired) electrons. The van der Waals surface area contributed by atoms with Crippen LogP contribution < -0.4 is 12.3 Å². The first-order chi connectivity index (χ1) is 6.00. The SMILES string of the molecule is O=S(=O)([O-])[O-].O=S(=O)([O-])[O-].O=S(=O)([O-])[O-].[N].[N].[Rh+3].[Rh+3]. The van der Waals surface area contributed by atoms with Gasteiger partial charge in [0, 0.05) is 43.5 Å². The van der Waals surface area contributed by atoms with Crippen LogP contribution in [0.2, 0.25) is 0 Å². The van der Waals surface area contributed by atoms with Crippen molar-refractivity contribution in [2.45, 2.75) is 0 Å². The second-order valence-electron chi connectivity index (χ2n) is 1.22. The molecule has 118 valence electrons. The van der Waals surface area contributed by atoms with Gasteiger partial charge in [0.2, 0.25) is 0 Å². The third-order valence-corrected chi connectivity index (χ3v) is 0. The summed E-state index contributed by atoms with van der Waals surface area (Å²) in [6, 6.07) is 0. The third kappa shape index (κ3) is 8760. The van der Waals surface area contributed by atoms with Gasteiger partial charge in [0.05, 0.1) is 0 Å². The smallest absolute Gasteiger partial charge is 0.759 e. The summed E-state index contributed by atoms with van der Waals surface area (Å²) in [6.07, 6.45) is 0. The number of hydrogen-bond donors (Lipinski definition) is 0. The number of rotatable bonds is 0. The largest absolute Gasteiger partial charge is 3.00 e. The molecule has 0 amide bonds. The predicted molar refractivity (Wildman–Crippen MR) is 35.7 cm³/mol. The van der Waals surface area contributed by atoms with Crippen molar-refractivity contribution < 1.29 is 91.5 Å². The monoisotopic (exact) mass is 522 g/mol. The van der Waals surface area contributed by atoms with Gasteiger partial charge in [-0.3, -0.25) is 25.3 Å². The summed E-state index contributed by atoms with van der Waals surface area (Å²) in [4.78, 5) is 0. The van der Waals surface area contributed by atoms with Crippen LogP contribution in [0.25, 0.3) is 0 Å². The molecule has 19 heteroatoms. The molecule has 0 aliphatic carbocycles. The quantitative estimate of drug-likeness (QED) is 0.164. The van der Waals surface area contributed by atoms with Crippen molar-refractivity contribution in [3.63, 3.8) is 0 Å². The Labute approximate surface area is 134 Å². The summed E-state index contributed by atoms with van der Waals surface area (Å²) < 4.78 is 102. The van der Waals surface area contributed by atoms with E-state index >= 15 is 0 Å². The minimum Gasteiger partial charge on any atom is -0.759 e. The number of nitrogens with zero attached hydrogens (tertiary/aromatic N) is 2. The van der Waals surface area contributed by atoms with Crippen LogP contribution in [0.15, 0.2) is 0 Å². The molecule has 0 aromatic rings. The molecule has 0 N–H and O–H groups in total.